The second-order valence-electron chi connectivity index (χ2n) is 6.59. The van der Waals surface area contributed by atoms with Crippen LogP contribution >= 0.6 is 11.6 Å². The molecule has 0 aliphatic heterocycles. The van der Waals surface area contributed by atoms with Gasteiger partial charge in [-0.1, -0.05) is 23.7 Å². The quantitative estimate of drug-likeness (QED) is 0.593. The van der Waals surface area contributed by atoms with Crippen LogP contribution in [0.5, 0.6) is 5.75 Å². The maximum atomic E-state index is 12.5. The predicted molar refractivity (Wildman–Crippen MR) is 112 cm³/mol. The molecule has 0 bridgehead atoms. The number of benzene rings is 2. The minimum atomic E-state index is -1.18. The van der Waals surface area contributed by atoms with Gasteiger partial charge in [0, 0.05) is 6.07 Å². The fraction of sp³-hybridized carbons (Fsp3) is 0.190. The SMILES string of the molecule is Cc1ccc(-c2cc(=O)c3cccc(Cl)c3o2)c(OCCN(CC(=O)O)C(N)=O)c1. The summed E-state index contributed by atoms with van der Waals surface area (Å²) >= 11 is 6.18. The predicted octanol–water partition coefficient (Wildman–Crippen LogP) is 3.27. The number of fused-ring (bicyclic) bond motifs is 1. The first-order valence-corrected chi connectivity index (χ1v) is 9.36. The highest BCUT2D eigenvalue weighted by Crippen LogP contribution is 2.33. The minimum absolute atomic E-state index is 0.00869. The number of urea groups is 1. The van der Waals surface area contributed by atoms with Crippen molar-refractivity contribution in [1.82, 2.24) is 4.90 Å². The molecule has 0 radical (unpaired) electrons. The molecule has 30 heavy (non-hydrogen) atoms. The molecule has 3 aromatic rings. The van der Waals surface area contributed by atoms with Crippen molar-refractivity contribution in [3.63, 3.8) is 0 Å². The van der Waals surface area contributed by atoms with E-state index in [1.54, 1.807) is 30.3 Å². The van der Waals surface area contributed by atoms with E-state index in [9.17, 15) is 14.4 Å². The van der Waals surface area contributed by atoms with Gasteiger partial charge in [-0.05, 0) is 36.8 Å². The van der Waals surface area contributed by atoms with Gasteiger partial charge in [-0.15, -0.1) is 0 Å². The molecule has 0 aliphatic rings. The zero-order valence-corrected chi connectivity index (χ0v) is 16.8. The highest BCUT2D eigenvalue weighted by Gasteiger charge is 2.16. The van der Waals surface area contributed by atoms with E-state index >= 15 is 0 Å². The first-order valence-electron chi connectivity index (χ1n) is 8.98. The van der Waals surface area contributed by atoms with Crippen LogP contribution in [-0.4, -0.2) is 41.7 Å². The van der Waals surface area contributed by atoms with Crippen molar-refractivity contribution < 1.29 is 23.8 Å². The molecule has 2 amide bonds. The van der Waals surface area contributed by atoms with Crippen molar-refractivity contribution in [1.29, 1.82) is 0 Å². The average molecular weight is 431 g/mol. The lowest BCUT2D eigenvalue weighted by atomic mass is 10.1. The Morgan fingerprint density at radius 1 is 1.23 bits per heavy atom. The first kappa shape index (κ1) is 21.2. The van der Waals surface area contributed by atoms with E-state index in [1.807, 2.05) is 13.0 Å². The number of halogens is 1. The third-order valence-corrected chi connectivity index (χ3v) is 4.66. The molecule has 0 atom stereocenters. The summed E-state index contributed by atoms with van der Waals surface area (Å²) in [5, 5.41) is 9.55. The number of aliphatic carboxylic acids is 1. The summed E-state index contributed by atoms with van der Waals surface area (Å²) in [6, 6.07) is 10.8. The Balaban J connectivity index is 1.92. The van der Waals surface area contributed by atoms with Crippen LogP contribution in [0, 0.1) is 6.92 Å². The number of hydrogen-bond donors (Lipinski definition) is 2. The van der Waals surface area contributed by atoms with Gasteiger partial charge in [0.25, 0.3) is 0 Å². The molecule has 0 saturated carbocycles. The Morgan fingerprint density at radius 3 is 2.70 bits per heavy atom. The van der Waals surface area contributed by atoms with E-state index in [4.69, 9.17) is 31.6 Å². The maximum Gasteiger partial charge on any atom is 0.323 e. The third-order valence-electron chi connectivity index (χ3n) is 4.37. The van der Waals surface area contributed by atoms with Gasteiger partial charge in [0.2, 0.25) is 0 Å². The number of rotatable bonds is 7. The van der Waals surface area contributed by atoms with Crippen LogP contribution in [0.4, 0.5) is 4.79 Å². The van der Waals surface area contributed by atoms with Gasteiger partial charge in [0.1, 0.15) is 24.7 Å². The van der Waals surface area contributed by atoms with E-state index in [1.165, 1.54) is 6.07 Å². The number of carbonyl (C=O) groups excluding carboxylic acids is 1. The molecule has 0 unspecified atom stereocenters. The maximum absolute atomic E-state index is 12.5. The molecule has 1 heterocycles. The molecule has 156 valence electrons. The zero-order chi connectivity index (χ0) is 21.8. The number of hydrogen-bond acceptors (Lipinski definition) is 5. The standard InChI is InChI=1S/C21H19ClN2O6/c1-12-5-6-14(17(9-12)29-8-7-24(21(23)28)11-19(26)27)18-10-16(25)13-3-2-4-15(22)20(13)30-18/h2-6,9-10H,7-8,11H2,1H3,(H2,23,28)(H,26,27). The lowest BCUT2D eigenvalue weighted by molar-refractivity contribution is -0.137. The number of carboxylic acid groups (broad SMARTS) is 1. The molecule has 3 rings (SSSR count). The van der Waals surface area contributed by atoms with Gasteiger partial charge >= 0.3 is 12.0 Å². The summed E-state index contributed by atoms with van der Waals surface area (Å²) in [6.45, 7) is 1.30. The Hall–Kier alpha value is -3.52. The Morgan fingerprint density at radius 2 is 2.00 bits per heavy atom. The van der Waals surface area contributed by atoms with Crippen LogP contribution in [0.15, 0.2) is 51.7 Å². The Labute approximate surface area is 176 Å². The molecule has 8 nitrogen and oxygen atoms in total. The van der Waals surface area contributed by atoms with E-state index in [0.717, 1.165) is 10.5 Å². The first-order chi connectivity index (χ1) is 14.3. The third kappa shape index (κ3) is 4.72. The molecule has 3 N–H and O–H groups in total. The van der Waals surface area contributed by atoms with Gasteiger partial charge in [-0.25, -0.2) is 4.79 Å². The number of nitrogens with zero attached hydrogens (tertiary/aromatic N) is 1. The van der Waals surface area contributed by atoms with Crippen molar-refractivity contribution in [3.05, 3.63) is 63.3 Å². The van der Waals surface area contributed by atoms with Gasteiger partial charge in [0.05, 0.1) is 22.5 Å². The molecule has 0 saturated heterocycles. The van der Waals surface area contributed by atoms with E-state index in [-0.39, 0.29) is 29.9 Å². The number of nitrogens with two attached hydrogens (primary N) is 1. The normalized spacial score (nSPS) is 10.7. The topological polar surface area (TPSA) is 123 Å². The Bertz CT molecular complexity index is 1170. The van der Waals surface area contributed by atoms with Crippen LogP contribution in [0.25, 0.3) is 22.3 Å². The van der Waals surface area contributed by atoms with Crippen molar-refractivity contribution in [2.45, 2.75) is 6.92 Å². The molecule has 2 aromatic carbocycles. The van der Waals surface area contributed by atoms with Crippen molar-refractivity contribution in [2.24, 2.45) is 5.73 Å². The van der Waals surface area contributed by atoms with Gasteiger partial charge < -0.3 is 24.9 Å². The summed E-state index contributed by atoms with van der Waals surface area (Å²) in [4.78, 5) is 35.7. The largest absolute Gasteiger partial charge is 0.491 e. The fourth-order valence-corrected chi connectivity index (χ4v) is 3.14. The molecule has 0 fully saturated rings. The van der Waals surface area contributed by atoms with Gasteiger partial charge in [-0.3, -0.25) is 9.59 Å². The van der Waals surface area contributed by atoms with Crippen molar-refractivity contribution >= 4 is 34.6 Å². The zero-order valence-electron chi connectivity index (χ0n) is 16.1. The fourth-order valence-electron chi connectivity index (χ4n) is 2.92. The lowest BCUT2D eigenvalue weighted by Crippen LogP contribution is -2.41. The van der Waals surface area contributed by atoms with Gasteiger partial charge in [0.15, 0.2) is 11.0 Å². The molecular formula is C21H19ClN2O6. The highest BCUT2D eigenvalue weighted by molar-refractivity contribution is 6.34. The molecule has 0 spiro atoms. The summed E-state index contributed by atoms with van der Waals surface area (Å²) in [5.41, 5.74) is 6.64. The second kappa shape index (κ2) is 8.87. The second-order valence-corrected chi connectivity index (χ2v) is 7.00. The summed E-state index contributed by atoms with van der Waals surface area (Å²) in [6.07, 6.45) is 0. The molecule has 1 aromatic heterocycles. The number of amides is 2. The molecular weight excluding hydrogens is 412 g/mol. The minimum Gasteiger partial charge on any atom is -0.491 e. The van der Waals surface area contributed by atoms with Crippen LogP contribution in [-0.2, 0) is 4.79 Å². The van der Waals surface area contributed by atoms with Crippen LogP contribution in [0.3, 0.4) is 0 Å². The van der Waals surface area contributed by atoms with E-state index in [0.29, 0.717) is 21.7 Å². The van der Waals surface area contributed by atoms with Crippen LogP contribution in [0.2, 0.25) is 5.02 Å². The summed E-state index contributed by atoms with van der Waals surface area (Å²) in [5.74, 6) is -0.503. The monoisotopic (exact) mass is 430 g/mol. The van der Waals surface area contributed by atoms with E-state index < -0.39 is 18.5 Å². The number of carboxylic acids is 1. The van der Waals surface area contributed by atoms with Gasteiger partial charge in [-0.2, -0.15) is 0 Å². The van der Waals surface area contributed by atoms with Crippen LogP contribution < -0.4 is 15.9 Å². The average Bonchev–Trinajstić information content (AvgIpc) is 2.67. The van der Waals surface area contributed by atoms with E-state index in [2.05, 4.69) is 0 Å². The number of carbonyl (C=O) groups is 2. The summed E-state index contributed by atoms with van der Waals surface area (Å²) in [7, 11) is 0. The molecule has 0 aliphatic carbocycles. The van der Waals surface area contributed by atoms with Crippen LogP contribution in [0.1, 0.15) is 5.56 Å². The number of ether oxygens (including phenoxy) is 1. The number of para-hydroxylation sites is 1. The van der Waals surface area contributed by atoms with Crippen molar-refractivity contribution in [2.75, 3.05) is 19.7 Å². The number of primary amides is 1. The molecule has 9 heteroatoms. The Kier molecular flexibility index (Phi) is 6.27. The highest BCUT2D eigenvalue weighted by atomic mass is 35.5. The smallest absolute Gasteiger partial charge is 0.323 e. The lowest BCUT2D eigenvalue weighted by Gasteiger charge is -2.19. The van der Waals surface area contributed by atoms with Crippen molar-refractivity contribution in [3.8, 4) is 17.1 Å². The number of aryl methyl sites for hydroxylation is 1. The summed E-state index contributed by atoms with van der Waals surface area (Å²) < 4.78 is 11.7.